The summed E-state index contributed by atoms with van der Waals surface area (Å²) < 4.78 is 0. The highest BCUT2D eigenvalue weighted by molar-refractivity contribution is 7.83. The Hall–Kier alpha value is -0.170. The molecular formula is C13H30S. The monoisotopic (exact) mass is 218 g/mol. The fraction of sp³-hybridized carbons (Fsp3) is 0.692. The molecule has 0 amide bonds. The third-order valence-corrected chi connectivity index (χ3v) is 1.64. The molecule has 0 aliphatic heterocycles. The van der Waals surface area contributed by atoms with Gasteiger partial charge in [-0.1, -0.05) is 53.2 Å². The van der Waals surface area contributed by atoms with Gasteiger partial charge in [-0.05, 0) is 31.8 Å². The normalized spacial score (nSPS) is 9.57. The number of rotatable bonds is 1. The Morgan fingerprint density at radius 3 is 1.14 bits per heavy atom. The summed E-state index contributed by atoms with van der Waals surface area (Å²) in [4.78, 5) is 0. The largest absolute Gasteiger partial charge is 0.151 e. The maximum Gasteiger partial charge on any atom is -0.0292 e. The van der Waals surface area contributed by atoms with Crippen LogP contribution in [0.1, 0.15) is 62.3 Å². The predicted octanol–water partition coefficient (Wildman–Crippen LogP) is 5.86. The smallest absolute Gasteiger partial charge is 0.0292 e. The lowest BCUT2D eigenvalue weighted by Gasteiger charge is -1.94. The zero-order valence-electron chi connectivity index (χ0n) is 11.6. The van der Waals surface area contributed by atoms with Gasteiger partial charge in [-0.15, -0.1) is 0 Å². The molecule has 0 aliphatic carbocycles. The van der Waals surface area contributed by atoms with Gasteiger partial charge in [0.2, 0.25) is 0 Å². The lowest BCUT2D eigenvalue weighted by atomic mass is 10.1. The minimum Gasteiger partial charge on any atom is -0.151 e. The van der Waals surface area contributed by atoms with E-state index in [2.05, 4.69) is 25.6 Å². The van der Waals surface area contributed by atoms with Crippen molar-refractivity contribution in [2.75, 3.05) is 0 Å². The maximum atomic E-state index is 4.01. The summed E-state index contributed by atoms with van der Waals surface area (Å²) in [5.41, 5.74) is 2.52. The first-order valence-electron chi connectivity index (χ1n) is 5.66. The van der Waals surface area contributed by atoms with Gasteiger partial charge in [-0.25, -0.2) is 0 Å². The lowest BCUT2D eigenvalue weighted by molar-refractivity contribution is 1.34. The van der Waals surface area contributed by atoms with Gasteiger partial charge in [0.1, 0.15) is 0 Å². The highest BCUT2D eigenvalue weighted by Gasteiger charge is 1.85. The van der Waals surface area contributed by atoms with E-state index in [9.17, 15) is 0 Å². The maximum absolute atomic E-state index is 4.01. The van der Waals surface area contributed by atoms with E-state index < -0.39 is 0 Å². The Morgan fingerprint density at radius 1 is 0.786 bits per heavy atom. The third kappa shape index (κ3) is 22.6. The number of thiol groups is 1. The van der Waals surface area contributed by atoms with Crippen molar-refractivity contribution in [2.45, 2.75) is 62.3 Å². The summed E-state index contributed by atoms with van der Waals surface area (Å²) in [6.07, 6.45) is 2.07. The van der Waals surface area contributed by atoms with Crippen LogP contribution in [0.4, 0.5) is 0 Å². The average molecular weight is 218 g/mol. The first kappa shape index (κ1) is 23.6. The Labute approximate surface area is 97.9 Å². The van der Waals surface area contributed by atoms with Crippen molar-refractivity contribution < 1.29 is 0 Å². The second-order valence-electron chi connectivity index (χ2n) is 1.78. The molecule has 0 fully saturated rings. The second kappa shape index (κ2) is 29.3. The van der Waals surface area contributed by atoms with Gasteiger partial charge in [0.05, 0.1) is 0 Å². The molecule has 0 N–H and O–H groups in total. The van der Waals surface area contributed by atoms with Crippen LogP contribution in [0, 0.1) is 0 Å². The van der Waals surface area contributed by atoms with Gasteiger partial charge in [0.25, 0.3) is 0 Å². The third-order valence-electron chi connectivity index (χ3n) is 1.25. The van der Waals surface area contributed by atoms with Crippen LogP contribution in [-0.4, -0.2) is 0 Å². The van der Waals surface area contributed by atoms with Crippen molar-refractivity contribution in [3.8, 4) is 0 Å². The molecule has 0 atom stereocenters. The average Bonchev–Trinajstić information content (AvgIpc) is 2.34. The summed E-state index contributed by atoms with van der Waals surface area (Å²) in [6, 6.07) is 0. The molecule has 88 valence electrons. The molecule has 0 nitrogen and oxygen atoms in total. The van der Waals surface area contributed by atoms with Crippen LogP contribution < -0.4 is 0 Å². The molecule has 0 heterocycles. The molecule has 14 heavy (non-hydrogen) atoms. The van der Waals surface area contributed by atoms with Crippen molar-refractivity contribution in [3.05, 3.63) is 22.6 Å². The van der Waals surface area contributed by atoms with Crippen LogP contribution in [0.15, 0.2) is 22.6 Å². The molecule has 1 heteroatoms. The van der Waals surface area contributed by atoms with Gasteiger partial charge >= 0.3 is 0 Å². The zero-order valence-corrected chi connectivity index (χ0v) is 12.5. The zero-order chi connectivity index (χ0) is 12.6. The number of allylic oxidation sites excluding steroid dienone is 3. The van der Waals surface area contributed by atoms with Crippen molar-refractivity contribution in [1.82, 2.24) is 0 Å². The first-order valence-corrected chi connectivity index (χ1v) is 6.18. The topological polar surface area (TPSA) is 0 Å². The SMILES string of the molecule is C/C=C(C)\C(C)=C/S.CC.CC.CC. The molecule has 0 rings (SSSR count). The van der Waals surface area contributed by atoms with Crippen molar-refractivity contribution in [1.29, 1.82) is 0 Å². The van der Waals surface area contributed by atoms with Gasteiger partial charge in [0, 0.05) is 0 Å². The van der Waals surface area contributed by atoms with Crippen molar-refractivity contribution in [2.24, 2.45) is 0 Å². The predicted molar refractivity (Wildman–Crippen MR) is 76.2 cm³/mol. The summed E-state index contributed by atoms with van der Waals surface area (Å²) in [6.45, 7) is 18.1. The Kier molecular flexibility index (Phi) is 49.3. The summed E-state index contributed by atoms with van der Waals surface area (Å²) >= 11 is 4.01. The second-order valence-corrected chi connectivity index (χ2v) is 2.04. The Balaban J connectivity index is -0.0000000708. The molecule has 0 saturated heterocycles. The van der Waals surface area contributed by atoms with Crippen molar-refractivity contribution in [3.63, 3.8) is 0 Å². The van der Waals surface area contributed by atoms with Crippen LogP contribution in [0.3, 0.4) is 0 Å². The molecule has 0 bridgehead atoms. The highest BCUT2D eigenvalue weighted by atomic mass is 32.1. The van der Waals surface area contributed by atoms with E-state index in [1.165, 1.54) is 11.1 Å². The molecular weight excluding hydrogens is 188 g/mol. The first-order chi connectivity index (χ1) is 6.72. The Morgan fingerprint density at radius 2 is 1.07 bits per heavy atom. The van der Waals surface area contributed by atoms with Crippen LogP contribution >= 0.6 is 12.6 Å². The summed E-state index contributed by atoms with van der Waals surface area (Å²) in [5, 5.41) is 1.81. The summed E-state index contributed by atoms with van der Waals surface area (Å²) in [7, 11) is 0. The Bertz CT molecular complexity index is 105. The molecule has 0 spiro atoms. The molecule has 0 radical (unpaired) electrons. The lowest BCUT2D eigenvalue weighted by Crippen LogP contribution is -1.73. The minimum atomic E-state index is 1.23. The highest BCUT2D eigenvalue weighted by Crippen LogP contribution is 2.07. The molecule has 0 aliphatic rings. The van der Waals surface area contributed by atoms with E-state index in [0.29, 0.717) is 0 Å². The van der Waals surface area contributed by atoms with E-state index >= 15 is 0 Å². The van der Waals surface area contributed by atoms with E-state index in [-0.39, 0.29) is 0 Å². The molecule has 0 saturated carbocycles. The van der Waals surface area contributed by atoms with Crippen LogP contribution in [-0.2, 0) is 0 Å². The van der Waals surface area contributed by atoms with E-state index in [4.69, 9.17) is 0 Å². The molecule has 0 aromatic heterocycles. The number of hydrogen-bond donors (Lipinski definition) is 1. The van der Waals surface area contributed by atoms with Gasteiger partial charge < -0.3 is 0 Å². The van der Waals surface area contributed by atoms with Crippen molar-refractivity contribution >= 4 is 12.6 Å². The van der Waals surface area contributed by atoms with Crippen LogP contribution in [0.25, 0.3) is 0 Å². The number of hydrogen-bond acceptors (Lipinski definition) is 1. The van der Waals surface area contributed by atoms with E-state index in [0.717, 1.165) is 0 Å². The fourth-order valence-electron chi connectivity index (χ4n) is 0.329. The van der Waals surface area contributed by atoms with Gasteiger partial charge in [-0.3, -0.25) is 0 Å². The molecule has 0 aromatic carbocycles. The van der Waals surface area contributed by atoms with Crippen LogP contribution in [0.5, 0.6) is 0 Å². The molecule has 0 unspecified atom stereocenters. The fourth-order valence-corrected chi connectivity index (χ4v) is 0.533. The summed E-state index contributed by atoms with van der Waals surface area (Å²) in [5.74, 6) is 0. The van der Waals surface area contributed by atoms with E-state index in [1.807, 2.05) is 60.8 Å². The van der Waals surface area contributed by atoms with Crippen LogP contribution in [0.2, 0.25) is 0 Å². The quantitative estimate of drug-likeness (QED) is 0.413. The minimum absolute atomic E-state index is 1.23. The van der Waals surface area contributed by atoms with Gasteiger partial charge in [-0.2, -0.15) is 12.6 Å². The molecule has 0 aromatic rings. The standard InChI is InChI=1S/C7H12S.3C2H6/c1-4-6(2)7(3)5-8;3*1-2/h4-5,8H,1-3H3;3*1-2H3/b6-4-,7-5-;;;. The van der Waals surface area contributed by atoms with Gasteiger partial charge in [0.15, 0.2) is 0 Å². The van der Waals surface area contributed by atoms with E-state index in [1.54, 1.807) is 0 Å².